The van der Waals surface area contributed by atoms with Crippen LogP contribution >= 0.6 is 0 Å². The van der Waals surface area contributed by atoms with E-state index in [0.717, 1.165) is 6.07 Å². The van der Waals surface area contributed by atoms with Gasteiger partial charge in [0.25, 0.3) is 0 Å². The van der Waals surface area contributed by atoms with Crippen molar-refractivity contribution in [2.45, 2.75) is 19.6 Å². The first-order valence-corrected chi connectivity index (χ1v) is 6.37. The number of nitriles is 1. The second-order valence-corrected chi connectivity index (χ2v) is 4.72. The van der Waals surface area contributed by atoms with Crippen molar-refractivity contribution in [1.82, 2.24) is 0 Å². The minimum Gasteiger partial charge on any atom is -0.489 e. The summed E-state index contributed by atoms with van der Waals surface area (Å²) in [6, 6.07) is 9.53. The van der Waals surface area contributed by atoms with Crippen LogP contribution in [0.3, 0.4) is 0 Å². The van der Waals surface area contributed by atoms with E-state index in [0.29, 0.717) is 16.9 Å². The topological polar surface area (TPSA) is 59.0 Å². The molecule has 0 fully saturated rings. The van der Waals surface area contributed by atoms with Gasteiger partial charge in [-0.1, -0.05) is 0 Å². The molecular formula is C16H14F2N2O. The van der Waals surface area contributed by atoms with E-state index in [4.69, 9.17) is 15.7 Å². The molecule has 108 valence electrons. The van der Waals surface area contributed by atoms with Gasteiger partial charge in [0.05, 0.1) is 11.6 Å². The Hall–Kier alpha value is -2.45. The summed E-state index contributed by atoms with van der Waals surface area (Å²) >= 11 is 0. The summed E-state index contributed by atoms with van der Waals surface area (Å²) in [5, 5.41) is 8.80. The molecule has 3 nitrogen and oxygen atoms in total. The maximum atomic E-state index is 13.3. The second kappa shape index (κ2) is 6.33. The van der Waals surface area contributed by atoms with Crippen molar-refractivity contribution in [3.8, 4) is 11.8 Å². The normalized spacial score (nSPS) is 11.8. The standard InChI is InChI=1S/C16H14F2N2O/c1-10(20)15-7-13(17)2-3-16(15)21-9-12-4-11(8-19)5-14(18)6-12/h2-7,10H,9,20H2,1H3/t10-/m1/s1. The third-order valence-corrected chi connectivity index (χ3v) is 2.94. The lowest BCUT2D eigenvalue weighted by molar-refractivity contribution is 0.300. The van der Waals surface area contributed by atoms with E-state index in [9.17, 15) is 8.78 Å². The molecular weight excluding hydrogens is 274 g/mol. The Bertz CT molecular complexity index is 693. The van der Waals surface area contributed by atoms with Gasteiger partial charge in [-0.2, -0.15) is 5.26 Å². The van der Waals surface area contributed by atoms with Crippen LogP contribution in [0.2, 0.25) is 0 Å². The number of nitrogens with zero attached hydrogens (tertiary/aromatic N) is 1. The van der Waals surface area contributed by atoms with E-state index in [1.807, 2.05) is 6.07 Å². The van der Waals surface area contributed by atoms with E-state index >= 15 is 0 Å². The number of ether oxygens (including phenoxy) is 1. The summed E-state index contributed by atoms with van der Waals surface area (Å²) in [6.45, 7) is 1.79. The zero-order valence-electron chi connectivity index (χ0n) is 11.4. The molecule has 0 spiro atoms. The molecule has 2 rings (SSSR count). The number of benzene rings is 2. The predicted molar refractivity (Wildman–Crippen MR) is 74.4 cm³/mol. The summed E-state index contributed by atoms with van der Waals surface area (Å²) < 4.78 is 32.1. The molecule has 0 heterocycles. The molecule has 2 N–H and O–H groups in total. The van der Waals surface area contributed by atoms with Gasteiger partial charge in [0.1, 0.15) is 24.0 Å². The predicted octanol–water partition coefficient (Wildman–Crippen LogP) is 3.44. The lowest BCUT2D eigenvalue weighted by atomic mass is 10.1. The van der Waals surface area contributed by atoms with Gasteiger partial charge in [-0.05, 0) is 48.9 Å². The monoisotopic (exact) mass is 288 g/mol. The third-order valence-electron chi connectivity index (χ3n) is 2.94. The fourth-order valence-electron chi connectivity index (χ4n) is 1.97. The molecule has 0 aromatic heterocycles. The van der Waals surface area contributed by atoms with Crippen molar-refractivity contribution in [2.75, 3.05) is 0 Å². The fourth-order valence-corrected chi connectivity index (χ4v) is 1.97. The van der Waals surface area contributed by atoms with Crippen molar-refractivity contribution in [2.24, 2.45) is 5.73 Å². The van der Waals surface area contributed by atoms with Crippen LogP contribution in [-0.2, 0) is 6.61 Å². The molecule has 0 bridgehead atoms. The molecule has 0 aliphatic rings. The van der Waals surface area contributed by atoms with E-state index < -0.39 is 17.7 Å². The molecule has 21 heavy (non-hydrogen) atoms. The maximum absolute atomic E-state index is 13.3. The molecule has 0 aliphatic carbocycles. The Balaban J connectivity index is 2.21. The highest BCUT2D eigenvalue weighted by atomic mass is 19.1. The third kappa shape index (κ3) is 3.77. The van der Waals surface area contributed by atoms with Gasteiger partial charge in [-0.3, -0.25) is 0 Å². The molecule has 5 heteroatoms. The molecule has 0 aliphatic heterocycles. The van der Waals surface area contributed by atoms with Crippen LogP contribution in [0.5, 0.6) is 5.75 Å². The molecule has 2 aromatic rings. The molecule has 1 atom stereocenters. The molecule has 0 saturated carbocycles. The van der Waals surface area contributed by atoms with E-state index in [2.05, 4.69) is 0 Å². The van der Waals surface area contributed by atoms with Crippen LogP contribution < -0.4 is 10.5 Å². The number of hydrogen-bond acceptors (Lipinski definition) is 3. The highest BCUT2D eigenvalue weighted by Crippen LogP contribution is 2.25. The van der Waals surface area contributed by atoms with Crippen molar-refractivity contribution < 1.29 is 13.5 Å². The van der Waals surface area contributed by atoms with E-state index in [1.54, 1.807) is 6.92 Å². The van der Waals surface area contributed by atoms with Gasteiger partial charge < -0.3 is 10.5 Å². The minimum atomic E-state index is -0.501. The van der Waals surface area contributed by atoms with Gasteiger partial charge >= 0.3 is 0 Å². The number of rotatable bonds is 4. The maximum Gasteiger partial charge on any atom is 0.124 e. The zero-order valence-corrected chi connectivity index (χ0v) is 11.4. The van der Waals surface area contributed by atoms with Crippen molar-refractivity contribution in [1.29, 1.82) is 5.26 Å². The first-order chi connectivity index (χ1) is 9.99. The van der Waals surface area contributed by atoms with E-state index in [-0.39, 0.29) is 12.2 Å². The number of halogens is 2. The summed E-state index contributed by atoms with van der Waals surface area (Å²) in [5.41, 5.74) is 7.05. The molecule has 0 radical (unpaired) electrons. The van der Waals surface area contributed by atoms with Crippen LogP contribution in [0.25, 0.3) is 0 Å². The van der Waals surface area contributed by atoms with Gasteiger partial charge in [0.15, 0.2) is 0 Å². The quantitative estimate of drug-likeness (QED) is 0.937. The Morgan fingerprint density at radius 1 is 1.19 bits per heavy atom. The van der Waals surface area contributed by atoms with Gasteiger partial charge in [0.2, 0.25) is 0 Å². The first-order valence-electron chi connectivity index (χ1n) is 6.37. The SMILES string of the molecule is C[C@@H](N)c1cc(F)ccc1OCc1cc(F)cc(C#N)c1. The van der Waals surface area contributed by atoms with Crippen molar-refractivity contribution >= 4 is 0 Å². The molecule has 0 saturated heterocycles. The average molecular weight is 288 g/mol. The average Bonchev–Trinajstić information content (AvgIpc) is 2.45. The largest absolute Gasteiger partial charge is 0.489 e. The number of hydrogen-bond donors (Lipinski definition) is 1. The summed E-state index contributed by atoms with van der Waals surface area (Å²) in [5.74, 6) is -0.458. The lowest BCUT2D eigenvalue weighted by Gasteiger charge is -2.14. The Morgan fingerprint density at radius 3 is 2.62 bits per heavy atom. The highest BCUT2D eigenvalue weighted by Gasteiger charge is 2.10. The van der Waals surface area contributed by atoms with Gasteiger partial charge in [-0.25, -0.2) is 8.78 Å². The lowest BCUT2D eigenvalue weighted by Crippen LogP contribution is -2.08. The first kappa shape index (κ1) is 14.9. The minimum absolute atomic E-state index is 0.0673. The van der Waals surface area contributed by atoms with Crippen LogP contribution in [0.15, 0.2) is 36.4 Å². The summed E-state index contributed by atoms with van der Waals surface area (Å²) in [4.78, 5) is 0. The second-order valence-electron chi connectivity index (χ2n) is 4.72. The van der Waals surface area contributed by atoms with E-state index in [1.165, 1.54) is 30.3 Å². The fraction of sp³-hybridized carbons (Fsp3) is 0.188. The van der Waals surface area contributed by atoms with Gasteiger partial charge in [-0.15, -0.1) is 0 Å². The Kier molecular flexibility index (Phi) is 4.51. The van der Waals surface area contributed by atoms with Crippen LogP contribution in [0.4, 0.5) is 8.78 Å². The number of nitrogens with two attached hydrogens (primary N) is 1. The van der Waals surface area contributed by atoms with Crippen LogP contribution in [0.1, 0.15) is 29.7 Å². The molecule has 0 amide bonds. The van der Waals surface area contributed by atoms with Crippen LogP contribution in [0, 0.1) is 23.0 Å². The summed E-state index contributed by atoms with van der Waals surface area (Å²) in [6.07, 6.45) is 0. The van der Waals surface area contributed by atoms with Crippen LogP contribution in [-0.4, -0.2) is 0 Å². The Labute approximate surface area is 121 Å². The molecule has 2 aromatic carbocycles. The Morgan fingerprint density at radius 2 is 1.95 bits per heavy atom. The highest BCUT2D eigenvalue weighted by molar-refractivity contribution is 5.37. The zero-order chi connectivity index (χ0) is 15.4. The molecule has 0 unspecified atom stereocenters. The van der Waals surface area contributed by atoms with Crippen molar-refractivity contribution in [3.63, 3.8) is 0 Å². The summed E-state index contributed by atoms with van der Waals surface area (Å²) in [7, 11) is 0. The van der Waals surface area contributed by atoms with Crippen molar-refractivity contribution in [3.05, 3.63) is 64.7 Å². The van der Waals surface area contributed by atoms with Gasteiger partial charge in [0, 0.05) is 11.6 Å². The smallest absolute Gasteiger partial charge is 0.124 e.